The number of rotatable bonds is 5. The Kier molecular flexibility index (Phi) is 4.74. The minimum Gasteiger partial charge on any atom is -0.462 e. The SMILES string of the molecule is CCOC(=O)c1c(C)oc2ncn(Cc3csc(-c4ccccn4)n3)c(=O)c12. The summed E-state index contributed by atoms with van der Waals surface area (Å²) < 4.78 is 11.9. The van der Waals surface area contributed by atoms with E-state index in [1.807, 2.05) is 23.6 Å². The summed E-state index contributed by atoms with van der Waals surface area (Å²) in [5.74, 6) is -0.289. The predicted octanol–water partition coefficient (Wildman–Crippen LogP) is 3.04. The minimum absolute atomic E-state index is 0.120. The maximum Gasteiger partial charge on any atom is 0.342 e. The van der Waals surface area contributed by atoms with Crippen molar-refractivity contribution in [3.05, 3.63) is 63.5 Å². The molecule has 0 bridgehead atoms. The van der Waals surface area contributed by atoms with Gasteiger partial charge in [-0.05, 0) is 26.0 Å². The Morgan fingerprint density at radius 3 is 2.93 bits per heavy atom. The third-order valence-electron chi connectivity index (χ3n) is 4.10. The fourth-order valence-electron chi connectivity index (χ4n) is 2.86. The average Bonchev–Trinajstić information content (AvgIpc) is 3.29. The van der Waals surface area contributed by atoms with Crippen molar-refractivity contribution in [2.45, 2.75) is 20.4 Å². The van der Waals surface area contributed by atoms with Gasteiger partial charge in [0.05, 0.1) is 24.5 Å². The molecule has 8 nitrogen and oxygen atoms in total. The predicted molar refractivity (Wildman–Crippen MR) is 103 cm³/mol. The Morgan fingerprint density at radius 2 is 2.18 bits per heavy atom. The van der Waals surface area contributed by atoms with Gasteiger partial charge in [-0.25, -0.2) is 14.8 Å². The summed E-state index contributed by atoms with van der Waals surface area (Å²) >= 11 is 1.45. The van der Waals surface area contributed by atoms with Crippen LogP contribution in [0.15, 0.2) is 45.3 Å². The standard InChI is InChI=1S/C19H16N4O4S/c1-3-26-19(25)14-11(2)27-16-15(14)18(24)23(10-21-16)8-12-9-28-17(22-12)13-6-4-5-7-20-13/h4-7,9-10H,3,8H2,1-2H3. The molecule has 0 aliphatic heterocycles. The number of hydrogen-bond donors (Lipinski definition) is 0. The number of fused-ring (bicyclic) bond motifs is 1. The van der Waals surface area contributed by atoms with Crippen LogP contribution in [0.25, 0.3) is 21.8 Å². The van der Waals surface area contributed by atoms with Crippen LogP contribution in [-0.4, -0.2) is 32.1 Å². The number of nitrogens with zero attached hydrogens (tertiary/aromatic N) is 4. The topological polar surface area (TPSA) is 100 Å². The number of esters is 1. The Balaban J connectivity index is 1.71. The quantitative estimate of drug-likeness (QED) is 0.478. The fourth-order valence-corrected chi connectivity index (χ4v) is 3.65. The highest BCUT2D eigenvalue weighted by Gasteiger charge is 2.24. The molecule has 4 rings (SSSR count). The molecule has 0 spiro atoms. The van der Waals surface area contributed by atoms with Gasteiger partial charge in [-0.1, -0.05) is 6.07 Å². The zero-order valence-corrected chi connectivity index (χ0v) is 16.0. The lowest BCUT2D eigenvalue weighted by Gasteiger charge is -2.03. The molecule has 4 aromatic rings. The van der Waals surface area contributed by atoms with E-state index in [0.29, 0.717) is 11.5 Å². The van der Waals surface area contributed by atoms with Crippen molar-refractivity contribution in [1.29, 1.82) is 0 Å². The van der Waals surface area contributed by atoms with Gasteiger partial charge in [-0.2, -0.15) is 0 Å². The number of aryl methyl sites for hydroxylation is 1. The van der Waals surface area contributed by atoms with Gasteiger partial charge in [0.15, 0.2) is 0 Å². The molecule has 0 saturated heterocycles. The molecule has 0 aliphatic rings. The van der Waals surface area contributed by atoms with Crippen LogP contribution in [0, 0.1) is 6.92 Å². The van der Waals surface area contributed by atoms with Crippen LogP contribution < -0.4 is 5.56 Å². The molecule has 0 amide bonds. The average molecular weight is 396 g/mol. The molecule has 0 radical (unpaired) electrons. The van der Waals surface area contributed by atoms with Gasteiger partial charge in [0.1, 0.15) is 28.0 Å². The zero-order valence-electron chi connectivity index (χ0n) is 15.2. The van der Waals surface area contributed by atoms with E-state index in [4.69, 9.17) is 9.15 Å². The molecule has 9 heteroatoms. The van der Waals surface area contributed by atoms with Crippen LogP contribution in [0.1, 0.15) is 28.7 Å². The van der Waals surface area contributed by atoms with Crippen molar-refractivity contribution in [2.75, 3.05) is 6.61 Å². The molecule has 0 atom stereocenters. The van der Waals surface area contributed by atoms with E-state index in [1.54, 1.807) is 20.0 Å². The molecule has 4 heterocycles. The van der Waals surface area contributed by atoms with Crippen LogP contribution in [0.5, 0.6) is 0 Å². The lowest BCUT2D eigenvalue weighted by Crippen LogP contribution is -2.22. The summed E-state index contributed by atoms with van der Waals surface area (Å²) in [4.78, 5) is 38.2. The first kappa shape index (κ1) is 18.1. The molecule has 0 aliphatic carbocycles. The second kappa shape index (κ2) is 7.35. The van der Waals surface area contributed by atoms with Gasteiger partial charge in [0.25, 0.3) is 5.56 Å². The third kappa shape index (κ3) is 3.20. The molecular formula is C19H16N4O4S. The lowest BCUT2D eigenvalue weighted by molar-refractivity contribution is 0.0526. The van der Waals surface area contributed by atoms with E-state index in [0.717, 1.165) is 10.7 Å². The highest BCUT2D eigenvalue weighted by atomic mass is 32.1. The van der Waals surface area contributed by atoms with Gasteiger partial charge < -0.3 is 9.15 Å². The Hall–Kier alpha value is -3.33. The van der Waals surface area contributed by atoms with Crippen molar-refractivity contribution in [3.8, 4) is 10.7 Å². The number of ether oxygens (including phenoxy) is 1. The normalized spacial score (nSPS) is 11.1. The number of carbonyl (C=O) groups excluding carboxylic acids is 1. The van der Waals surface area contributed by atoms with Crippen LogP contribution in [0.3, 0.4) is 0 Å². The first-order valence-electron chi connectivity index (χ1n) is 8.60. The molecule has 28 heavy (non-hydrogen) atoms. The summed E-state index contributed by atoms with van der Waals surface area (Å²) in [5.41, 5.74) is 1.34. The number of carbonyl (C=O) groups is 1. The second-order valence-electron chi connectivity index (χ2n) is 5.97. The number of hydrogen-bond acceptors (Lipinski definition) is 8. The van der Waals surface area contributed by atoms with E-state index in [1.165, 1.54) is 22.2 Å². The maximum absolute atomic E-state index is 13.0. The monoisotopic (exact) mass is 396 g/mol. The summed E-state index contributed by atoms with van der Waals surface area (Å²) in [6, 6.07) is 5.61. The summed E-state index contributed by atoms with van der Waals surface area (Å²) in [5, 5.41) is 2.76. The van der Waals surface area contributed by atoms with Crippen molar-refractivity contribution in [2.24, 2.45) is 0 Å². The van der Waals surface area contributed by atoms with Crippen molar-refractivity contribution >= 4 is 28.4 Å². The molecule has 0 unspecified atom stereocenters. The van der Waals surface area contributed by atoms with Crippen LogP contribution >= 0.6 is 11.3 Å². The largest absolute Gasteiger partial charge is 0.462 e. The number of pyridine rings is 1. The molecular weight excluding hydrogens is 380 g/mol. The minimum atomic E-state index is -0.596. The summed E-state index contributed by atoms with van der Waals surface area (Å²) in [7, 11) is 0. The van der Waals surface area contributed by atoms with Gasteiger partial charge in [-0.3, -0.25) is 14.3 Å². The van der Waals surface area contributed by atoms with Gasteiger partial charge in [0, 0.05) is 11.6 Å². The van der Waals surface area contributed by atoms with E-state index < -0.39 is 5.97 Å². The zero-order chi connectivity index (χ0) is 19.7. The summed E-state index contributed by atoms with van der Waals surface area (Å²) in [6.07, 6.45) is 3.10. The van der Waals surface area contributed by atoms with Crippen molar-refractivity contribution < 1.29 is 13.9 Å². The molecule has 0 aromatic carbocycles. The van der Waals surface area contributed by atoms with Crippen molar-refractivity contribution in [1.82, 2.24) is 19.5 Å². The van der Waals surface area contributed by atoms with Crippen molar-refractivity contribution in [3.63, 3.8) is 0 Å². The third-order valence-corrected chi connectivity index (χ3v) is 5.02. The Morgan fingerprint density at radius 1 is 1.32 bits per heavy atom. The first-order valence-corrected chi connectivity index (χ1v) is 9.48. The maximum atomic E-state index is 13.0. The lowest BCUT2D eigenvalue weighted by atomic mass is 10.2. The van der Waals surface area contributed by atoms with Crippen LogP contribution in [0.2, 0.25) is 0 Å². The number of furan rings is 1. The van der Waals surface area contributed by atoms with Crippen LogP contribution in [0.4, 0.5) is 0 Å². The van der Waals surface area contributed by atoms with E-state index in [-0.39, 0.29) is 35.4 Å². The fraction of sp³-hybridized carbons (Fsp3) is 0.211. The van der Waals surface area contributed by atoms with Crippen LogP contribution in [-0.2, 0) is 11.3 Å². The smallest absolute Gasteiger partial charge is 0.342 e. The summed E-state index contributed by atoms with van der Waals surface area (Å²) in [6.45, 7) is 3.73. The number of thiazole rings is 1. The Bertz CT molecular complexity index is 1210. The molecule has 0 N–H and O–H groups in total. The molecule has 142 valence electrons. The van der Waals surface area contributed by atoms with Gasteiger partial charge >= 0.3 is 5.97 Å². The number of aromatic nitrogens is 4. The van der Waals surface area contributed by atoms with Gasteiger partial charge in [-0.15, -0.1) is 11.3 Å². The second-order valence-corrected chi connectivity index (χ2v) is 6.83. The Labute approximate surface area is 163 Å². The highest BCUT2D eigenvalue weighted by molar-refractivity contribution is 7.13. The van der Waals surface area contributed by atoms with E-state index in [9.17, 15) is 9.59 Å². The molecule has 0 fully saturated rings. The molecule has 4 aromatic heterocycles. The molecule has 0 saturated carbocycles. The van der Waals surface area contributed by atoms with E-state index >= 15 is 0 Å². The van der Waals surface area contributed by atoms with E-state index in [2.05, 4.69) is 15.0 Å². The van der Waals surface area contributed by atoms with Gasteiger partial charge in [0.2, 0.25) is 5.71 Å². The first-order chi connectivity index (χ1) is 13.6. The highest BCUT2D eigenvalue weighted by Crippen LogP contribution is 2.23.